The maximum atomic E-state index is 10.8. The molecular formula is C15H13NO2. The van der Waals surface area contributed by atoms with Gasteiger partial charge < -0.3 is 4.74 Å². The predicted molar refractivity (Wildman–Crippen MR) is 70.4 cm³/mol. The summed E-state index contributed by atoms with van der Waals surface area (Å²) in [6, 6.07) is 11.3. The maximum absolute atomic E-state index is 10.8. The minimum absolute atomic E-state index is 0.784. The largest absolute Gasteiger partial charge is 0.497 e. The lowest BCUT2D eigenvalue weighted by molar-refractivity contribution is -0.104. The van der Waals surface area contributed by atoms with Crippen LogP contribution < -0.4 is 4.74 Å². The van der Waals surface area contributed by atoms with Gasteiger partial charge in [0.15, 0.2) is 0 Å². The Bertz CT molecular complexity index is 544. The van der Waals surface area contributed by atoms with E-state index < -0.39 is 0 Å². The molecule has 1 heterocycles. The molecule has 0 amide bonds. The van der Waals surface area contributed by atoms with Gasteiger partial charge in [-0.3, -0.25) is 9.78 Å². The molecule has 0 aliphatic carbocycles. The first kappa shape index (κ1) is 12.0. The molecule has 3 heteroatoms. The monoisotopic (exact) mass is 239 g/mol. The van der Waals surface area contributed by atoms with Crippen LogP contribution in [-0.2, 0) is 4.79 Å². The van der Waals surface area contributed by atoms with E-state index in [0.717, 1.165) is 28.7 Å². The average molecular weight is 239 g/mol. The van der Waals surface area contributed by atoms with Crippen LogP contribution in [0.2, 0.25) is 0 Å². The second-order valence-corrected chi connectivity index (χ2v) is 3.69. The first-order chi connectivity index (χ1) is 8.85. The molecule has 0 radical (unpaired) electrons. The van der Waals surface area contributed by atoms with Gasteiger partial charge >= 0.3 is 0 Å². The van der Waals surface area contributed by atoms with Crippen LogP contribution >= 0.6 is 0 Å². The van der Waals surface area contributed by atoms with E-state index in [9.17, 15) is 4.79 Å². The van der Waals surface area contributed by atoms with Crippen LogP contribution in [0.25, 0.3) is 5.57 Å². The topological polar surface area (TPSA) is 39.2 Å². The first-order valence-electron chi connectivity index (χ1n) is 5.55. The van der Waals surface area contributed by atoms with Crippen LogP contribution in [0.4, 0.5) is 0 Å². The summed E-state index contributed by atoms with van der Waals surface area (Å²) in [5.74, 6) is 0.787. The maximum Gasteiger partial charge on any atom is 0.143 e. The van der Waals surface area contributed by atoms with E-state index in [1.165, 1.54) is 0 Å². The Morgan fingerprint density at radius 1 is 1.17 bits per heavy atom. The fraction of sp³-hybridized carbons (Fsp3) is 0.0667. The number of allylic oxidation sites excluding steroid dienone is 1. The van der Waals surface area contributed by atoms with Gasteiger partial charge in [-0.05, 0) is 35.4 Å². The highest BCUT2D eigenvalue weighted by Gasteiger charge is 2.04. The molecule has 0 N–H and O–H groups in total. The number of carbonyl (C=O) groups excluding carboxylic acids is 1. The molecule has 3 nitrogen and oxygen atoms in total. The number of carbonyl (C=O) groups is 1. The minimum atomic E-state index is 0.784. The molecule has 0 saturated carbocycles. The Balaban J connectivity index is 2.42. The van der Waals surface area contributed by atoms with Crippen molar-refractivity contribution in [2.24, 2.45) is 0 Å². The van der Waals surface area contributed by atoms with E-state index >= 15 is 0 Å². The molecule has 0 unspecified atom stereocenters. The first-order valence-corrected chi connectivity index (χ1v) is 5.55. The lowest BCUT2D eigenvalue weighted by atomic mass is 9.99. The average Bonchev–Trinajstić information content (AvgIpc) is 2.46. The molecule has 1 aromatic carbocycles. The van der Waals surface area contributed by atoms with E-state index in [1.54, 1.807) is 25.6 Å². The van der Waals surface area contributed by atoms with Crippen molar-refractivity contribution in [1.82, 2.24) is 4.98 Å². The third kappa shape index (κ3) is 2.63. The summed E-state index contributed by atoms with van der Waals surface area (Å²) in [4.78, 5) is 14.8. The van der Waals surface area contributed by atoms with Gasteiger partial charge in [0.05, 0.1) is 7.11 Å². The van der Waals surface area contributed by atoms with E-state index in [0.29, 0.717) is 0 Å². The second-order valence-electron chi connectivity index (χ2n) is 3.69. The summed E-state index contributed by atoms with van der Waals surface area (Å²) < 4.78 is 5.11. The number of hydrogen-bond acceptors (Lipinski definition) is 3. The van der Waals surface area contributed by atoms with Crippen LogP contribution in [0.3, 0.4) is 0 Å². The molecule has 0 aliphatic heterocycles. The van der Waals surface area contributed by atoms with Crippen LogP contribution in [0.1, 0.15) is 11.1 Å². The van der Waals surface area contributed by atoms with E-state index in [-0.39, 0.29) is 0 Å². The third-order valence-electron chi connectivity index (χ3n) is 2.61. The number of hydrogen-bond donors (Lipinski definition) is 0. The Morgan fingerprint density at radius 2 is 1.94 bits per heavy atom. The molecule has 0 spiro atoms. The van der Waals surface area contributed by atoms with E-state index in [4.69, 9.17) is 4.74 Å². The molecule has 0 atom stereocenters. The fourth-order valence-corrected chi connectivity index (χ4v) is 1.72. The standard InChI is InChI=1S/C15H13NO2/c1-18-14-6-4-12(5-7-14)15(8-10-17)13-3-2-9-16-11-13/h2-11H,1H3/b15-8+. The van der Waals surface area contributed by atoms with E-state index in [1.807, 2.05) is 36.4 Å². The highest BCUT2D eigenvalue weighted by atomic mass is 16.5. The molecule has 2 rings (SSSR count). The summed E-state index contributed by atoms with van der Waals surface area (Å²) in [5.41, 5.74) is 2.71. The van der Waals surface area contributed by atoms with Gasteiger partial charge in [0.25, 0.3) is 0 Å². The molecule has 2 aromatic rings. The number of ether oxygens (including phenoxy) is 1. The molecular weight excluding hydrogens is 226 g/mol. The minimum Gasteiger partial charge on any atom is -0.497 e. The SMILES string of the molecule is COc1ccc(/C(=C\C=O)c2cccnc2)cc1. The number of rotatable bonds is 4. The quantitative estimate of drug-likeness (QED) is 0.608. The van der Waals surface area contributed by atoms with Crippen LogP contribution in [0.15, 0.2) is 54.9 Å². The predicted octanol–water partition coefficient (Wildman–Crippen LogP) is 2.72. The molecule has 0 aliphatic rings. The lowest BCUT2D eigenvalue weighted by Gasteiger charge is -2.07. The van der Waals surface area contributed by atoms with Gasteiger partial charge in [-0.1, -0.05) is 18.2 Å². The summed E-state index contributed by atoms with van der Waals surface area (Å²) >= 11 is 0. The summed E-state index contributed by atoms with van der Waals surface area (Å²) in [6.07, 6.45) is 5.76. The van der Waals surface area contributed by atoms with Crippen molar-refractivity contribution in [3.05, 3.63) is 66.0 Å². The number of benzene rings is 1. The van der Waals surface area contributed by atoms with Crippen molar-refractivity contribution in [2.75, 3.05) is 7.11 Å². The number of nitrogens with zero attached hydrogens (tertiary/aromatic N) is 1. The van der Waals surface area contributed by atoms with Crippen molar-refractivity contribution in [3.8, 4) is 5.75 Å². The van der Waals surface area contributed by atoms with Gasteiger partial charge in [0.1, 0.15) is 12.0 Å². The van der Waals surface area contributed by atoms with Crippen LogP contribution in [0, 0.1) is 0 Å². The van der Waals surface area contributed by atoms with Crippen LogP contribution in [0.5, 0.6) is 5.75 Å². The normalized spacial score (nSPS) is 11.1. The Morgan fingerprint density at radius 3 is 2.50 bits per heavy atom. The Labute approximate surface area is 106 Å². The number of methoxy groups -OCH3 is 1. The third-order valence-corrected chi connectivity index (χ3v) is 2.61. The molecule has 0 saturated heterocycles. The highest BCUT2D eigenvalue weighted by molar-refractivity contribution is 5.89. The van der Waals surface area contributed by atoms with Crippen molar-refractivity contribution >= 4 is 11.9 Å². The summed E-state index contributed by atoms with van der Waals surface area (Å²) in [5, 5.41) is 0. The zero-order valence-corrected chi connectivity index (χ0v) is 10.0. The number of aromatic nitrogens is 1. The van der Waals surface area contributed by atoms with E-state index in [2.05, 4.69) is 4.98 Å². The molecule has 0 bridgehead atoms. The smallest absolute Gasteiger partial charge is 0.143 e. The highest BCUT2D eigenvalue weighted by Crippen LogP contribution is 2.24. The summed E-state index contributed by atoms with van der Waals surface area (Å²) in [6.45, 7) is 0. The van der Waals surface area contributed by atoms with Crippen molar-refractivity contribution in [3.63, 3.8) is 0 Å². The Kier molecular flexibility index (Phi) is 3.86. The summed E-state index contributed by atoms with van der Waals surface area (Å²) in [7, 11) is 1.62. The second kappa shape index (κ2) is 5.77. The van der Waals surface area contributed by atoms with Gasteiger partial charge in [-0.2, -0.15) is 0 Å². The van der Waals surface area contributed by atoms with Crippen LogP contribution in [-0.4, -0.2) is 18.4 Å². The van der Waals surface area contributed by atoms with Gasteiger partial charge in [-0.25, -0.2) is 0 Å². The number of pyridine rings is 1. The van der Waals surface area contributed by atoms with Crippen molar-refractivity contribution in [2.45, 2.75) is 0 Å². The fourth-order valence-electron chi connectivity index (χ4n) is 1.72. The van der Waals surface area contributed by atoms with Crippen molar-refractivity contribution in [1.29, 1.82) is 0 Å². The molecule has 90 valence electrons. The molecule has 1 aromatic heterocycles. The number of aldehydes is 1. The molecule has 0 fully saturated rings. The lowest BCUT2D eigenvalue weighted by Crippen LogP contribution is -1.90. The Hall–Kier alpha value is -2.42. The van der Waals surface area contributed by atoms with Gasteiger partial charge in [-0.15, -0.1) is 0 Å². The zero-order valence-electron chi connectivity index (χ0n) is 10.0. The molecule has 18 heavy (non-hydrogen) atoms. The van der Waals surface area contributed by atoms with Gasteiger partial charge in [0, 0.05) is 18.0 Å². The van der Waals surface area contributed by atoms with Crippen molar-refractivity contribution < 1.29 is 9.53 Å². The van der Waals surface area contributed by atoms with Gasteiger partial charge in [0.2, 0.25) is 0 Å². The zero-order chi connectivity index (χ0) is 12.8.